The Balaban J connectivity index is 2.06. The van der Waals surface area contributed by atoms with E-state index in [0.717, 1.165) is 22.3 Å². The predicted molar refractivity (Wildman–Crippen MR) is 98.5 cm³/mol. The maximum Gasteiger partial charge on any atom is 0.277 e. The molecule has 2 aromatic carbocycles. The summed E-state index contributed by atoms with van der Waals surface area (Å²) in [5.74, 6) is -0.500. The first-order chi connectivity index (χ1) is 11.9. The first-order valence-electron chi connectivity index (χ1n) is 8.29. The van der Waals surface area contributed by atoms with Crippen molar-refractivity contribution in [2.45, 2.75) is 20.4 Å². The second-order valence-electron chi connectivity index (χ2n) is 6.53. The van der Waals surface area contributed by atoms with Crippen LogP contribution in [0.3, 0.4) is 0 Å². The number of likely N-dealkylation sites (N-methyl/N-ethyl adjacent to an activating group) is 2. The van der Waals surface area contributed by atoms with Gasteiger partial charge in [0, 0.05) is 20.6 Å². The van der Waals surface area contributed by atoms with Crippen LogP contribution in [0.15, 0.2) is 54.2 Å². The van der Waals surface area contributed by atoms with E-state index in [1.165, 1.54) is 11.9 Å². The van der Waals surface area contributed by atoms with Gasteiger partial charge < -0.3 is 4.90 Å². The standard InChI is InChI=1S/C21H22N2O2/c1-14-10-11-17(12-15(14)2)18-19(21(25)23(4)20(18)24)22(3)13-16-8-6-5-7-9-16/h5-12H,13H2,1-4H3. The number of rotatable bonds is 4. The largest absolute Gasteiger partial charge is 0.365 e. The van der Waals surface area contributed by atoms with E-state index in [0.29, 0.717) is 17.8 Å². The van der Waals surface area contributed by atoms with Gasteiger partial charge in [-0.2, -0.15) is 0 Å². The summed E-state index contributed by atoms with van der Waals surface area (Å²) < 4.78 is 0. The number of carbonyl (C=O) groups excluding carboxylic acids is 2. The molecule has 25 heavy (non-hydrogen) atoms. The molecular formula is C21H22N2O2. The summed E-state index contributed by atoms with van der Waals surface area (Å²) in [7, 11) is 3.39. The Labute approximate surface area is 148 Å². The van der Waals surface area contributed by atoms with Crippen LogP contribution in [-0.2, 0) is 16.1 Å². The SMILES string of the molecule is Cc1ccc(C2=C(N(C)Cc3ccccc3)C(=O)N(C)C2=O)cc1C. The molecule has 1 aliphatic heterocycles. The molecule has 0 unspecified atom stereocenters. The second-order valence-corrected chi connectivity index (χ2v) is 6.53. The Morgan fingerprint density at radius 2 is 1.60 bits per heavy atom. The zero-order valence-corrected chi connectivity index (χ0v) is 15.0. The molecule has 0 aliphatic carbocycles. The number of carbonyl (C=O) groups is 2. The van der Waals surface area contributed by atoms with E-state index in [9.17, 15) is 9.59 Å². The van der Waals surface area contributed by atoms with Crippen molar-refractivity contribution < 1.29 is 9.59 Å². The minimum absolute atomic E-state index is 0.247. The van der Waals surface area contributed by atoms with E-state index in [-0.39, 0.29) is 11.8 Å². The first kappa shape index (κ1) is 17.0. The number of aryl methyl sites for hydroxylation is 2. The number of hydrogen-bond donors (Lipinski definition) is 0. The molecular weight excluding hydrogens is 312 g/mol. The fourth-order valence-corrected chi connectivity index (χ4v) is 3.07. The fraction of sp³-hybridized carbons (Fsp3) is 0.238. The average molecular weight is 334 g/mol. The molecule has 128 valence electrons. The molecule has 3 rings (SSSR count). The number of hydrogen-bond acceptors (Lipinski definition) is 3. The van der Waals surface area contributed by atoms with Gasteiger partial charge in [0.15, 0.2) is 0 Å². The van der Waals surface area contributed by atoms with Crippen LogP contribution in [0.1, 0.15) is 22.3 Å². The van der Waals surface area contributed by atoms with Crippen LogP contribution < -0.4 is 0 Å². The van der Waals surface area contributed by atoms with E-state index in [1.54, 1.807) is 0 Å². The van der Waals surface area contributed by atoms with Crippen molar-refractivity contribution in [1.29, 1.82) is 0 Å². The Bertz CT molecular complexity index is 869. The van der Waals surface area contributed by atoms with E-state index >= 15 is 0 Å². The minimum atomic E-state index is -0.253. The van der Waals surface area contributed by atoms with Crippen molar-refractivity contribution >= 4 is 17.4 Å². The van der Waals surface area contributed by atoms with Gasteiger partial charge >= 0.3 is 0 Å². The third kappa shape index (κ3) is 3.07. The second kappa shape index (κ2) is 6.55. The monoisotopic (exact) mass is 334 g/mol. The number of imide groups is 1. The summed E-state index contributed by atoms with van der Waals surface area (Å²) in [5.41, 5.74) is 5.08. The third-order valence-electron chi connectivity index (χ3n) is 4.70. The summed E-state index contributed by atoms with van der Waals surface area (Å²) in [6, 6.07) is 15.8. The van der Waals surface area contributed by atoms with Gasteiger partial charge in [-0.25, -0.2) is 0 Å². The summed E-state index contributed by atoms with van der Waals surface area (Å²) in [5, 5.41) is 0. The van der Waals surface area contributed by atoms with Crippen LogP contribution in [0.4, 0.5) is 0 Å². The van der Waals surface area contributed by atoms with Gasteiger partial charge in [-0.05, 0) is 36.1 Å². The van der Waals surface area contributed by atoms with Crippen LogP contribution in [0.25, 0.3) is 5.57 Å². The minimum Gasteiger partial charge on any atom is -0.365 e. The first-order valence-corrected chi connectivity index (χ1v) is 8.29. The molecule has 2 amide bonds. The molecule has 0 saturated carbocycles. The van der Waals surface area contributed by atoms with E-state index < -0.39 is 0 Å². The molecule has 4 nitrogen and oxygen atoms in total. The van der Waals surface area contributed by atoms with E-state index in [2.05, 4.69) is 0 Å². The van der Waals surface area contributed by atoms with Gasteiger partial charge in [0.05, 0.1) is 5.57 Å². The van der Waals surface area contributed by atoms with Crippen molar-refractivity contribution in [3.63, 3.8) is 0 Å². The molecule has 0 aromatic heterocycles. The van der Waals surface area contributed by atoms with Crippen LogP contribution in [-0.4, -0.2) is 35.7 Å². The van der Waals surface area contributed by atoms with Crippen molar-refractivity contribution in [2.24, 2.45) is 0 Å². The third-order valence-corrected chi connectivity index (χ3v) is 4.70. The highest BCUT2D eigenvalue weighted by atomic mass is 16.2. The molecule has 2 aromatic rings. The number of benzene rings is 2. The number of nitrogens with zero attached hydrogens (tertiary/aromatic N) is 2. The van der Waals surface area contributed by atoms with Crippen LogP contribution in [0.5, 0.6) is 0 Å². The molecule has 0 fully saturated rings. The zero-order valence-electron chi connectivity index (χ0n) is 15.0. The quantitative estimate of drug-likeness (QED) is 0.807. The van der Waals surface area contributed by atoms with E-state index in [4.69, 9.17) is 0 Å². The fourth-order valence-electron chi connectivity index (χ4n) is 3.07. The summed E-state index contributed by atoms with van der Waals surface area (Å²) in [6.07, 6.45) is 0. The van der Waals surface area contributed by atoms with E-state index in [1.807, 2.05) is 74.3 Å². The topological polar surface area (TPSA) is 40.6 Å². The van der Waals surface area contributed by atoms with Gasteiger partial charge in [-0.1, -0.05) is 48.5 Å². The lowest BCUT2D eigenvalue weighted by atomic mass is 9.99. The highest BCUT2D eigenvalue weighted by molar-refractivity contribution is 6.35. The van der Waals surface area contributed by atoms with Gasteiger partial charge in [0.1, 0.15) is 5.70 Å². The maximum atomic E-state index is 12.7. The molecule has 0 N–H and O–H groups in total. The van der Waals surface area contributed by atoms with Gasteiger partial charge in [0.25, 0.3) is 11.8 Å². The smallest absolute Gasteiger partial charge is 0.277 e. The Kier molecular flexibility index (Phi) is 4.45. The Hall–Kier alpha value is -2.88. The molecule has 0 bridgehead atoms. The highest BCUT2D eigenvalue weighted by Gasteiger charge is 2.38. The zero-order chi connectivity index (χ0) is 18.1. The summed E-state index contributed by atoms with van der Waals surface area (Å²) >= 11 is 0. The normalized spacial score (nSPS) is 14.5. The lowest BCUT2D eigenvalue weighted by Crippen LogP contribution is -2.30. The van der Waals surface area contributed by atoms with Crippen LogP contribution >= 0.6 is 0 Å². The molecule has 1 heterocycles. The number of amides is 2. The molecule has 0 saturated heterocycles. The maximum absolute atomic E-state index is 12.7. The van der Waals surface area contributed by atoms with Gasteiger partial charge in [0.2, 0.25) is 0 Å². The van der Waals surface area contributed by atoms with Crippen molar-refractivity contribution in [2.75, 3.05) is 14.1 Å². The van der Waals surface area contributed by atoms with Crippen LogP contribution in [0.2, 0.25) is 0 Å². The molecule has 1 aliphatic rings. The summed E-state index contributed by atoms with van der Waals surface area (Å²) in [4.78, 5) is 28.4. The van der Waals surface area contributed by atoms with Gasteiger partial charge in [-0.15, -0.1) is 0 Å². The molecule has 4 heteroatoms. The van der Waals surface area contributed by atoms with Gasteiger partial charge in [-0.3, -0.25) is 14.5 Å². The molecule has 0 atom stereocenters. The summed E-state index contributed by atoms with van der Waals surface area (Å²) in [6.45, 7) is 4.61. The van der Waals surface area contributed by atoms with Crippen molar-refractivity contribution in [3.8, 4) is 0 Å². The Morgan fingerprint density at radius 3 is 2.24 bits per heavy atom. The lowest BCUT2D eigenvalue weighted by molar-refractivity contribution is -0.135. The average Bonchev–Trinajstić information content (AvgIpc) is 2.82. The molecule has 0 spiro atoms. The molecule has 0 radical (unpaired) electrons. The van der Waals surface area contributed by atoms with Crippen molar-refractivity contribution in [1.82, 2.24) is 9.80 Å². The van der Waals surface area contributed by atoms with Crippen molar-refractivity contribution in [3.05, 3.63) is 76.5 Å². The lowest BCUT2D eigenvalue weighted by Gasteiger charge is -2.21. The van der Waals surface area contributed by atoms with Crippen LogP contribution in [0, 0.1) is 13.8 Å². The highest BCUT2D eigenvalue weighted by Crippen LogP contribution is 2.31. The predicted octanol–water partition coefficient (Wildman–Crippen LogP) is 3.15. The Morgan fingerprint density at radius 1 is 0.920 bits per heavy atom.